The van der Waals surface area contributed by atoms with E-state index in [1.165, 1.54) is 16.0 Å². The monoisotopic (exact) mass is 512 g/mol. The van der Waals surface area contributed by atoms with Crippen molar-refractivity contribution >= 4 is 47.2 Å². The molecule has 0 spiro atoms. The predicted molar refractivity (Wildman–Crippen MR) is 127 cm³/mol. The maximum Gasteiger partial charge on any atom is 0.224 e. The minimum Gasteiger partial charge on any atom is -0.357 e. The largest absolute Gasteiger partial charge is 0.357 e. The van der Waals surface area contributed by atoms with Crippen molar-refractivity contribution in [1.82, 2.24) is 15.5 Å². The first-order valence-electron chi connectivity index (χ1n) is 9.60. The highest BCUT2D eigenvalue weighted by Gasteiger charge is 2.21. The second-order valence-electron chi connectivity index (χ2n) is 6.72. The molecule has 2 N–H and O–H groups in total. The van der Waals surface area contributed by atoms with E-state index in [1.807, 2.05) is 30.0 Å². The van der Waals surface area contributed by atoms with Gasteiger partial charge in [-0.05, 0) is 42.8 Å². The fourth-order valence-electron chi connectivity index (χ4n) is 3.23. The second kappa shape index (κ2) is 11.4. The number of rotatable bonds is 6. The summed E-state index contributed by atoms with van der Waals surface area (Å²) in [5, 5.41) is 8.79. The van der Waals surface area contributed by atoms with E-state index in [4.69, 9.17) is 0 Å². The number of fused-ring (bicyclic) bond motifs is 1. The van der Waals surface area contributed by atoms with Crippen LogP contribution in [0.1, 0.15) is 42.3 Å². The molecule has 7 heteroatoms. The number of nitrogens with zero attached hydrogens (tertiary/aromatic N) is 2. The number of aliphatic imine (C=N–C) groups is 1. The van der Waals surface area contributed by atoms with Gasteiger partial charge in [-0.15, -0.1) is 35.3 Å². The summed E-state index contributed by atoms with van der Waals surface area (Å²) in [6.07, 6.45) is 1.41. The molecule has 0 saturated carbocycles. The Labute approximate surface area is 188 Å². The zero-order chi connectivity index (χ0) is 19.1. The van der Waals surface area contributed by atoms with Crippen LogP contribution in [0.3, 0.4) is 0 Å². The average Bonchev–Trinajstić information content (AvgIpc) is 3.16. The number of benzene rings is 1. The third kappa shape index (κ3) is 6.20. The maximum atomic E-state index is 12.5. The Balaban J connectivity index is 0.00000280. The van der Waals surface area contributed by atoms with Crippen molar-refractivity contribution < 1.29 is 4.79 Å². The molecule has 3 rings (SSSR count). The van der Waals surface area contributed by atoms with Crippen LogP contribution in [-0.4, -0.2) is 36.4 Å². The maximum absolute atomic E-state index is 12.5. The third-order valence-corrected chi connectivity index (χ3v) is 5.78. The quantitative estimate of drug-likeness (QED) is 0.350. The molecule has 152 valence electrons. The normalized spacial score (nSPS) is 14.6. The van der Waals surface area contributed by atoms with E-state index in [9.17, 15) is 4.79 Å². The van der Waals surface area contributed by atoms with E-state index in [2.05, 4.69) is 46.1 Å². The van der Waals surface area contributed by atoms with E-state index >= 15 is 0 Å². The van der Waals surface area contributed by atoms with Gasteiger partial charge in [0, 0.05) is 30.9 Å². The molecule has 2 aromatic rings. The molecule has 1 atom stereocenters. The topological polar surface area (TPSA) is 56.7 Å². The first-order valence-corrected chi connectivity index (χ1v) is 10.5. The van der Waals surface area contributed by atoms with Crippen molar-refractivity contribution in [2.45, 2.75) is 39.3 Å². The van der Waals surface area contributed by atoms with Crippen LogP contribution in [0.5, 0.6) is 0 Å². The lowest BCUT2D eigenvalue weighted by atomic mass is 10.1. The number of hydrogen-bond donors (Lipinski definition) is 2. The van der Waals surface area contributed by atoms with Crippen LogP contribution in [0.25, 0.3) is 0 Å². The van der Waals surface area contributed by atoms with Gasteiger partial charge in [-0.2, -0.15) is 0 Å². The zero-order valence-corrected chi connectivity index (χ0v) is 19.6. The van der Waals surface area contributed by atoms with Crippen LogP contribution in [0.4, 0.5) is 0 Å². The molecule has 1 aliphatic rings. The third-order valence-electron chi connectivity index (χ3n) is 4.75. The highest BCUT2D eigenvalue weighted by atomic mass is 127. The number of thiophene rings is 1. The van der Waals surface area contributed by atoms with Crippen molar-refractivity contribution in [2.75, 3.05) is 19.6 Å². The Morgan fingerprint density at radius 3 is 2.82 bits per heavy atom. The van der Waals surface area contributed by atoms with Gasteiger partial charge in [0.15, 0.2) is 5.96 Å². The van der Waals surface area contributed by atoms with Gasteiger partial charge in [0.05, 0.1) is 12.6 Å². The molecule has 0 saturated heterocycles. The predicted octanol–water partition coefficient (Wildman–Crippen LogP) is 3.96. The van der Waals surface area contributed by atoms with Crippen molar-refractivity contribution in [3.05, 3.63) is 57.8 Å². The number of nitrogens with one attached hydrogen (secondary N) is 2. The SMILES string of the molecule is CCNC(=NCCC(=O)N1CCc2sccc2C1)NC(C)c1ccccc1.I. The first kappa shape index (κ1) is 22.7. The second-order valence-corrected chi connectivity index (χ2v) is 7.72. The zero-order valence-electron chi connectivity index (χ0n) is 16.5. The summed E-state index contributed by atoms with van der Waals surface area (Å²) in [7, 11) is 0. The van der Waals surface area contributed by atoms with Gasteiger partial charge in [0.1, 0.15) is 0 Å². The van der Waals surface area contributed by atoms with E-state index in [-0.39, 0.29) is 35.9 Å². The van der Waals surface area contributed by atoms with Crippen LogP contribution in [0.2, 0.25) is 0 Å². The minimum atomic E-state index is 0. The summed E-state index contributed by atoms with van der Waals surface area (Å²) in [5.41, 5.74) is 2.51. The number of guanidine groups is 1. The van der Waals surface area contributed by atoms with Crippen LogP contribution < -0.4 is 10.6 Å². The van der Waals surface area contributed by atoms with Crippen LogP contribution in [-0.2, 0) is 17.8 Å². The van der Waals surface area contributed by atoms with Gasteiger partial charge in [-0.3, -0.25) is 9.79 Å². The van der Waals surface area contributed by atoms with Gasteiger partial charge in [-0.25, -0.2) is 0 Å². The van der Waals surface area contributed by atoms with Gasteiger partial charge in [0.2, 0.25) is 5.91 Å². The summed E-state index contributed by atoms with van der Waals surface area (Å²) >= 11 is 1.79. The van der Waals surface area contributed by atoms with Crippen LogP contribution in [0, 0.1) is 0 Å². The molecule has 2 heterocycles. The molecule has 0 bridgehead atoms. The molecule has 1 amide bonds. The lowest BCUT2D eigenvalue weighted by Crippen LogP contribution is -2.39. The highest BCUT2D eigenvalue weighted by Crippen LogP contribution is 2.24. The summed E-state index contributed by atoms with van der Waals surface area (Å²) in [6, 6.07) is 12.6. The minimum absolute atomic E-state index is 0. The number of amides is 1. The van der Waals surface area contributed by atoms with Gasteiger partial charge >= 0.3 is 0 Å². The average molecular weight is 512 g/mol. The molecule has 28 heavy (non-hydrogen) atoms. The molecular weight excluding hydrogens is 483 g/mol. The Kier molecular flexibility index (Phi) is 9.24. The van der Waals surface area contributed by atoms with Gasteiger partial charge in [-0.1, -0.05) is 30.3 Å². The van der Waals surface area contributed by atoms with E-state index < -0.39 is 0 Å². The molecule has 1 unspecified atom stereocenters. The summed E-state index contributed by atoms with van der Waals surface area (Å²) in [4.78, 5) is 20.5. The molecule has 1 aromatic heterocycles. The van der Waals surface area contributed by atoms with E-state index in [1.54, 1.807) is 11.3 Å². The first-order chi connectivity index (χ1) is 13.2. The van der Waals surface area contributed by atoms with E-state index in [0.29, 0.717) is 13.0 Å². The fraction of sp³-hybridized carbons (Fsp3) is 0.429. The van der Waals surface area contributed by atoms with Crippen molar-refractivity contribution in [3.63, 3.8) is 0 Å². The molecule has 1 aliphatic heterocycles. The fourth-order valence-corrected chi connectivity index (χ4v) is 4.12. The summed E-state index contributed by atoms with van der Waals surface area (Å²) in [5.74, 6) is 0.933. The smallest absolute Gasteiger partial charge is 0.224 e. The highest BCUT2D eigenvalue weighted by molar-refractivity contribution is 14.0. The summed E-state index contributed by atoms with van der Waals surface area (Å²) in [6.45, 7) is 6.99. The lowest BCUT2D eigenvalue weighted by molar-refractivity contribution is -0.131. The molecule has 0 fully saturated rings. The Bertz CT molecular complexity index is 778. The van der Waals surface area contributed by atoms with Gasteiger partial charge in [0.25, 0.3) is 0 Å². The molecule has 5 nitrogen and oxygen atoms in total. The van der Waals surface area contributed by atoms with Crippen LogP contribution in [0.15, 0.2) is 46.8 Å². The molecular formula is C21H29IN4OS. The Hall–Kier alpha value is -1.61. The Morgan fingerprint density at radius 1 is 1.29 bits per heavy atom. The van der Waals surface area contributed by atoms with Gasteiger partial charge < -0.3 is 15.5 Å². The Morgan fingerprint density at radius 2 is 2.07 bits per heavy atom. The number of carbonyl (C=O) groups is 1. The number of halogens is 1. The molecule has 0 radical (unpaired) electrons. The van der Waals surface area contributed by atoms with Crippen LogP contribution >= 0.6 is 35.3 Å². The summed E-state index contributed by atoms with van der Waals surface area (Å²) < 4.78 is 0. The lowest BCUT2D eigenvalue weighted by Gasteiger charge is -2.27. The number of hydrogen-bond acceptors (Lipinski definition) is 3. The number of carbonyl (C=O) groups excluding carboxylic acids is 1. The van der Waals surface area contributed by atoms with Crippen molar-refractivity contribution in [3.8, 4) is 0 Å². The van der Waals surface area contributed by atoms with Crippen molar-refractivity contribution in [1.29, 1.82) is 0 Å². The standard InChI is InChI=1S/C21H28N4OS.HI/c1-3-22-21(24-16(2)17-7-5-4-6-8-17)23-12-9-20(26)25-13-10-19-18(15-25)11-14-27-19;/h4-8,11,14,16H,3,9-10,12-13,15H2,1-2H3,(H2,22,23,24);1H. The molecule has 1 aromatic carbocycles. The van der Waals surface area contributed by atoms with E-state index in [0.717, 1.165) is 32.0 Å². The molecule has 0 aliphatic carbocycles. The van der Waals surface area contributed by atoms with Crippen molar-refractivity contribution in [2.24, 2.45) is 4.99 Å².